The van der Waals surface area contributed by atoms with Gasteiger partial charge in [-0.25, -0.2) is 0 Å². The van der Waals surface area contributed by atoms with Gasteiger partial charge in [-0.1, -0.05) is 31.2 Å². The van der Waals surface area contributed by atoms with Crippen molar-refractivity contribution in [2.45, 2.75) is 18.6 Å². The minimum Gasteiger partial charge on any atom is -0.480 e. The fourth-order valence-electron chi connectivity index (χ4n) is 1.26. The Morgan fingerprint density at radius 1 is 1.54 bits per heavy atom. The van der Waals surface area contributed by atoms with Gasteiger partial charge in [0.2, 0.25) is 0 Å². The zero-order valence-corrected chi connectivity index (χ0v) is 8.29. The standard InChI is InChI=1S/C10H12O2S/c1-2-7-5-3-4-6-8(7)9(13)10(11)12/h3-6,9,13H,2H2,1H3,(H,11,12). The van der Waals surface area contributed by atoms with Gasteiger partial charge in [0.25, 0.3) is 0 Å². The maximum absolute atomic E-state index is 10.7. The average molecular weight is 196 g/mol. The number of hydrogen-bond acceptors (Lipinski definition) is 2. The molecule has 0 spiro atoms. The van der Waals surface area contributed by atoms with Gasteiger partial charge < -0.3 is 5.11 Å². The number of benzene rings is 1. The Morgan fingerprint density at radius 2 is 2.15 bits per heavy atom. The van der Waals surface area contributed by atoms with Crippen LogP contribution in [0.3, 0.4) is 0 Å². The summed E-state index contributed by atoms with van der Waals surface area (Å²) >= 11 is 4.04. The molecule has 0 aliphatic heterocycles. The van der Waals surface area contributed by atoms with E-state index in [2.05, 4.69) is 12.6 Å². The van der Waals surface area contributed by atoms with Crippen molar-refractivity contribution in [3.63, 3.8) is 0 Å². The zero-order valence-electron chi connectivity index (χ0n) is 7.40. The highest BCUT2D eigenvalue weighted by atomic mass is 32.1. The predicted octanol–water partition coefficient (Wildman–Crippen LogP) is 2.30. The third-order valence-electron chi connectivity index (χ3n) is 1.96. The van der Waals surface area contributed by atoms with Crippen molar-refractivity contribution in [1.29, 1.82) is 0 Å². The molecule has 0 amide bonds. The van der Waals surface area contributed by atoms with Crippen molar-refractivity contribution in [1.82, 2.24) is 0 Å². The Labute approximate surface area is 83.0 Å². The first-order valence-electron chi connectivity index (χ1n) is 4.15. The number of aliphatic carboxylic acids is 1. The number of thiol groups is 1. The summed E-state index contributed by atoms with van der Waals surface area (Å²) in [4.78, 5) is 10.7. The van der Waals surface area contributed by atoms with E-state index in [1.54, 1.807) is 0 Å². The largest absolute Gasteiger partial charge is 0.480 e. The van der Waals surface area contributed by atoms with Crippen LogP contribution in [0.25, 0.3) is 0 Å². The Hall–Kier alpha value is -0.960. The van der Waals surface area contributed by atoms with Crippen LogP contribution in [0.15, 0.2) is 24.3 Å². The lowest BCUT2D eigenvalue weighted by Crippen LogP contribution is -2.07. The van der Waals surface area contributed by atoms with Crippen LogP contribution in [0.5, 0.6) is 0 Å². The first kappa shape index (κ1) is 10.1. The minimum absolute atomic E-state index is 0.712. The molecule has 1 N–H and O–H groups in total. The van der Waals surface area contributed by atoms with Crippen molar-refractivity contribution in [2.24, 2.45) is 0 Å². The molecule has 1 unspecified atom stereocenters. The van der Waals surface area contributed by atoms with Gasteiger partial charge in [-0.3, -0.25) is 4.79 Å². The molecule has 0 aromatic heterocycles. The molecule has 0 radical (unpaired) electrons. The molecule has 0 saturated heterocycles. The van der Waals surface area contributed by atoms with Crippen LogP contribution in [0.4, 0.5) is 0 Å². The Kier molecular flexibility index (Phi) is 3.37. The second kappa shape index (κ2) is 4.33. The number of hydrogen-bond donors (Lipinski definition) is 2. The number of rotatable bonds is 3. The van der Waals surface area contributed by atoms with Crippen molar-refractivity contribution >= 4 is 18.6 Å². The quantitative estimate of drug-likeness (QED) is 0.728. The maximum Gasteiger partial charge on any atom is 0.320 e. The van der Waals surface area contributed by atoms with Crippen molar-refractivity contribution in [3.8, 4) is 0 Å². The first-order chi connectivity index (χ1) is 6.16. The van der Waals surface area contributed by atoms with E-state index in [4.69, 9.17) is 5.11 Å². The van der Waals surface area contributed by atoms with Crippen LogP contribution in [0.1, 0.15) is 23.3 Å². The molecular formula is C10H12O2S. The van der Waals surface area contributed by atoms with Gasteiger partial charge in [-0.2, -0.15) is 12.6 Å². The maximum atomic E-state index is 10.7. The lowest BCUT2D eigenvalue weighted by Gasteiger charge is -2.10. The van der Waals surface area contributed by atoms with Gasteiger partial charge in [-0.05, 0) is 17.5 Å². The molecule has 0 aliphatic carbocycles. The molecule has 1 rings (SSSR count). The van der Waals surface area contributed by atoms with E-state index >= 15 is 0 Å². The molecule has 3 heteroatoms. The molecule has 1 aromatic rings. The van der Waals surface area contributed by atoms with E-state index in [1.165, 1.54) is 0 Å². The highest BCUT2D eigenvalue weighted by Gasteiger charge is 2.16. The summed E-state index contributed by atoms with van der Waals surface area (Å²) in [5.74, 6) is -0.899. The Balaban J connectivity index is 3.05. The molecule has 70 valence electrons. The van der Waals surface area contributed by atoms with Gasteiger partial charge in [-0.15, -0.1) is 0 Å². The predicted molar refractivity (Wildman–Crippen MR) is 55.2 cm³/mol. The molecule has 13 heavy (non-hydrogen) atoms. The van der Waals surface area contributed by atoms with E-state index in [1.807, 2.05) is 31.2 Å². The van der Waals surface area contributed by atoms with Gasteiger partial charge in [0.1, 0.15) is 5.25 Å². The van der Waals surface area contributed by atoms with E-state index in [-0.39, 0.29) is 0 Å². The fourth-order valence-corrected chi connectivity index (χ4v) is 1.51. The Bertz CT molecular complexity index is 310. The molecule has 0 aliphatic rings. The summed E-state index contributed by atoms with van der Waals surface area (Å²) in [6, 6.07) is 7.48. The molecule has 0 heterocycles. The smallest absolute Gasteiger partial charge is 0.320 e. The summed E-state index contributed by atoms with van der Waals surface area (Å²) in [5, 5.41) is 8.07. The third kappa shape index (κ3) is 2.25. The van der Waals surface area contributed by atoms with Gasteiger partial charge in [0, 0.05) is 0 Å². The van der Waals surface area contributed by atoms with E-state index < -0.39 is 11.2 Å². The second-order valence-corrected chi connectivity index (χ2v) is 3.31. The molecule has 2 nitrogen and oxygen atoms in total. The molecule has 1 atom stereocenters. The van der Waals surface area contributed by atoms with Gasteiger partial charge in [0.05, 0.1) is 0 Å². The first-order valence-corrected chi connectivity index (χ1v) is 4.67. The van der Waals surface area contributed by atoms with Crippen LogP contribution in [-0.4, -0.2) is 11.1 Å². The second-order valence-electron chi connectivity index (χ2n) is 2.79. The number of carboxylic acids is 1. The summed E-state index contributed by atoms with van der Waals surface area (Å²) < 4.78 is 0. The highest BCUT2D eigenvalue weighted by Crippen LogP contribution is 2.23. The van der Waals surface area contributed by atoms with Crippen LogP contribution in [0, 0.1) is 0 Å². The number of carboxylic acid groups (broad SMARTS) is 1. The highest BCUT2D eigenvalue weighted by molar-refractivity contribution is 7.81. The Morgan fingerprint density at radius 3 is 2.69 bits per heavy atom. The molecule has 0 bridgehead atoms. The van der Waals surface area contributed by atoms with Crippen molar-refractivity contribution in [3.05, 3.63) is 35.4 Å². The van der Waals surface area contributed by atoms with E-state index in [0.29, 0.717) is 0 Å². The third-order valence-corrected chi connectivity index (χ3v) is 2.46. The van der Waals surface area contributed by atoms with Crippen LogP contribution in [0.2, 0.25) is 0 Å². The number of carbonyl (C=O) groups is 1. The number of aryl methyl sites for hydroxylation is 1. The van der Waals surface area contributed by atoms with Crippen molar-refractivity contribution < 1.29 is 9.90 Å². The molecular weight excluding hydrogens is 184 g/mol. The van der Waals surface area contributed by atoms with Crippen LogP contribution >= 0.6 is 12.6 Å². The average Bonchev–Trinajstić information content (AvgIpc) is 2.16. The minimum atomic E-state index is -0.899. The summed E-state index contributed by atoms with van der Waals surface area (Å²) in [6.07, 6.45) is 0.834. The fraction of sp³-hybridized carbons (Fsp3) is 0.300. The lowest BCUT2D eigenvalue weighted by atomic mass is 10.0. The lowest BCUT2D eigenvalue weighted by molar-refractivity contribution is -0.136. The zero-order chi connectivity index (χ0) is 9.84. The van der Waals surface area contributed by atoms with Gasteiger partial charge >= 0.3 is 5.97 Å². The van der Waals surface area contributed by atoms with Gasteiger partial charge in [0.15, 0.2) is 0 Å². The molecule has 0 fully saturated rings. The summed E-state index contributed by atoms with van der Waals surface area (Å²) in [7, 11) is 0. The summed E-state index contributed by atoms with van der Waals surface area (Å²) in [6.45, 7) is 2.00. The normalized spacial score (nSPS) is 12.5. The molecule has 1 aromatic carbocycles. The SMILES string of the molecule is CCc1ccccc1C(S)C(=O)O. The summed E-state index contributed by atoms with van der Waals surface area (Å²) in [5.41, 5.74) is 1.84. The van der Waals surface area contributed by atoms with Crippen LogP contribution in [-0.2, 0) is 11.2 Å². The van der Waals surface area contributed by atoms with E-state index in [9.17, 15) is 4.79 Å². The molecule has 0 saturated carbocycles. The topological polar surface area (TPSA) is 37.3 Å². The van der Waals surface area contributed by atoms with E-state index in [0.717, 1.165) is 17.5 Å². The monoisotopic (exact) mass is 196 g/mol. The van der Waals surface area contributed by atoms with Crippen molar-refractivity contribution in [2.75, 3.05) is 0 Å². The van der Waals surface area contributed by atoms with Crippen LogP contribution < -0.4 is 0 Å².